The Bertz CT molecular complexity index is 547. The molecule has 0 aliphatic rings. The molecule has 3 N–H and O–H groups in total. The van der Waals surface area contributed by atoms with Gasteiger partial charge < -0.3 is 10.5 Å². The van der Waals surface area contributed by atoms with Gasteiger partial charge in [-0.15, -0.1) is 0 Å². The number of hydrogen-bond donors (Lipinski definition) is 2. The van der Waals surface area contributed by atoms with E-state index in [0.717, 1.165) is 17.7 Å². The minimum absolute atomic E-state index is 0.110. The molecule has 0 radical (unpaired) electrons. The van der Waals surface area contributed by atoms with Gasteiger partial charge >= 0.3 is 12.0 Å². The number of carbonyl (C=O) groups is 3. The van der Waals surface area contributed by atoms with E-state index < -0.39 is 17.9 Å². The number of hydrogen-bond acceptors (Lipinski definition) is 4. The molecule has 112 valence electrons. The maximum atomic E-state index is 11.4. The van der Waals surface area contributed by atoms with Crippen LogP contribution in [-0.4, -0.2) is 17.9 Å². The van der Waals surface area contributed by atoms with Crippen LogP contribution in [-0.2, 0) is 20.9 Å². The third-order valence-electron chi connectivity index (χ3n) is 2.64. The molecule has 3 amide bonds. The summed E-state index contributed by atoms with van der Waals surface area (Å²) in [6, 6.07) is 6.73. The molecule has 6 heteroatoms. The minimum atomic E-state index is -0.983. The third kappa shape index (κ3) is 6.38. The highest BCUT2D eigenvalue weighted by Crippen LogP contribution is 2.15. The maximum Gasteiger partial charge on any atom is 0.331 e. The highest BCUT2D eigenvalue weighted by atomic mass is 16.5. The summed E-state index contributed by atoms with van der Waals surface area (Å²) in [5.41, 5.74) is 6.80. The van der Waals surface area contributed by atoms with Gasteiger partial charge in [0.05, 0.1) is 0 Å². The second kappa shape index (κ2) is 7.84. The lowest BCUT2D eigenvalue weighted by atomic mass is 10.0. The first-order valence-corrected chi connectivity index (χ1v) is 6.42. The zero-order chi connectivity index (χ0) is 15.8. The van der Waals surface area contributed by atoms with E-state index in [4.69, 9.17) is 10.5 Å². The van der Waals surface area contributed by atoms with Crippen LogP contribution >= 0.6 is 0 Å². The second-order valence-electron chi connectivity index (χ2n) is 4.69. The molecule has 6 nitrogen and oxygen atoms in total. The summed E-state index contributed by atoms with van der Waals surface area (Å²) in [5.74, 6) is -1.02. The molecule has 0 spiro atoms. The summed E-state index contributed by atoms with van der Waals surface area (Å²) in [6.45, 7) is 4.30. The monoisotopic (exact) mass is 290 g/mol. The predicted molar refractivity (Wildman–Crippen MR) is 77.2 cm³/mol. The van der Waals surface area contributed by atoms with Crippen molar-refractivity contribution in [3.63, 3.8) is 0 Å². The standard InChI is InChI=1S/C15H18N2O4/c1-10(2)12-5-3-11(4-6-12)9-21-14(19)8-7-13(18)17-15(16)20/h3-8,10H,9H2,1-2H3,(H3,16,17,18,20). The van der Waals surface area contributed by atoms with E-state index in [1.54, 1.807) is 5.32 Å². The van der Waals surface area contributed by atoms with Crippen molar-refractivity contribution in [2.24, 2.45) is 5.73 Å². The van der Waals surface area contributed by atoms with E-state index in [1.807, 2.05) is 24.3 Å². The molecule has 0 unspecified atom stereocenters. The van der Waals surface area contributed by atoms with Crippen molar-refractivity contribution >= 4 is 17.9 Å². The van der Waals surface area contributed by atoms with Crippen LogP contribution in [0.15, 0.2) is 36.4 Å². The number of urea groups is 1. The fourth-order valence-corrected chi connectivity index (χ4v) is 1.51. The lowest BCUT2D eigenvalue weighted by Gasteiger charge is -2.07. The number of imide groups is 1. The SMILES string of the molecule is CC(C)c1ccc(COC(=O)C=CC(=O)NC(N)=O)cc1. The van der Waals surface area contributed by atoms with Crippen LogP contribution in [0.3, 0.4) is 0 Å². The van der Waals surface area contributed by atoms with Gasteiger partial charge in [0.25, 0.3) is 5.91 Å². The molecule has 0 aliphatic carbocycles. The van der Waals surface area contributed by atoms with Crippen LogP contribution in [0.25, 0.3) is 0 Å². The molecule has 0 saturated carbocycles. The van der Waals surface area contributed by atoms with Crippen LogP contribution in [0.1, 0.15) is 30.9 Å². The molecular formula is C15H18N2O4. The van der Waals surface area contributed by atoms with Crippen LogP contribution in [0, 0.1) is 0 Å². The number of primary amides is 1. The molecule has 21 heavy (non-hydrogen) atoms. The largest absolute Gasteiger partial charge is 0.458 e. The van der Waals surface area contributed by atoms with E-state index >= 15 is 0 Å². The summed E-state index contributed by atoms with van der Waals surface area (Å²) in [7, 11) is 0. The highest BCUT2D eigenvalue weighted by Gasteiger charge is 2.03. The zero-order valence-electron chi connectivity index (χ0n) is 12.0. The van der Waals surface area contributed by atoms with Crippen molar-refractivity contribution < 1.29 is 19.1 Å². The molecule has 0 heterocycles. The number of rotatable bonds is 5. The quantitative estimate of drug-likeness (QED) is 0.635. The second-order valence-corrected chi connectivity index (χ2v) is 4.69. The topological polar surface area (TPSA) is 98.5 Å². The van der Waals surface area contributed by atoms with Gasteiger partial charge in [0, 0.05) is 12.2 Å². The Morgan fingerprint density at radius 2 is 1.81 bits per heavy atom. The van der Waals surface area contributed by atoms with Gasteiger partial charge in [-0.3, -0.25) is 10.1 Å². The Kier molecular flexibility index (Phi) is 6.13. The Morgan fingerprint density at radius 3 is 2.33 bits per heavy atom. The molecule has 0 atom stereocenters. The molecule has 1 rings (SSSR count). The minimum Gasteiger partial charge on any atom is -0.458 e. The van der Waals surface area contributed by atoms with Gasteiger partial charge in [-0.05, 0) is 17.0 Å². The highest BCUT2D eigenvalue weighted by molar-refractivity contribution is 6.02. The van der Waals surface area contributed by atoms with Crippen LogP contribution in [0.4, 0.5) is 4.79 Å². The van der Waals surface area contributed by atoms with Crippen LogP contribution in [0.2, 0.25) is 0 Å². The Balaban J connectivity index is 2.44. The predicted octanol–water partition coefficient (Wildman–Crippen LogP) is 1.60. The van der Waals surface area contributed by atoms with E-state index in [2.05, 4.69) is 13.8 Å². The molecule has 0 bridgehead atoms. The summed E-state index contributed by atoms with van der Waals surface area (Å²) in [4.78, 5) is 32.8. The number of benzene rings is 1. The van der Waals surface area contributed by atoms with Gasteiger partial charge in [-0.2, -0.15) is 0 Å². The molecule has 1 aromatic carbocycles. The van der Waals surface area contributed by atoms with Crippen molar-refractivity contribution in [2.45, 2.75) is 26.4 Å². The van der Waals surface area contributed by atoms with E-state index in [-0.39, 0.29) is 6.61 Å². The normalized spacial score (nSPS) is 10.6. The lowest BCUT2D eigenvalue weighted by molar-refractivity contribution is -0.139. The van der Waals surface area contributed by atoms with Gasteiger partial charge in [-0.25, -0.2) is 9.59 Å². The van der Waals surface area contributed by atoms with Gasteiger partial charge in [-0.1, -0.05) is 38.1 Å². The number of nitrogens with two attached hydrogens (primary N) is 1. The smallest absolute Gasteiger partial charge is 0.331 e. The molecular weight excluding hydrogens is 272 g/mol. The first-order valence-electron chi connectivity index (χ1n) is 6.42. The Hall–Kier alpha value is -2.63. The molecule has 0 aliphatic heterocycles. The Labute approximate surface area is 123 Å². The van der Waals surface area contributed by atoms with E-state index in [1.165, 1.54) is 5.56 Å². The first-order chi connectivity index (χ1) is 9.88. The number of esters is 1. The van der Waals surface area contributed by atoms with Crippen LogP contribution < -0.4 is 11.1 Å². The fraction of sp³-hybridized carbons (Fsp3) is 0.267. The van der Waals surface area contributed by atoms with Crippen molar-refractivity contribution in [3.8, 4) is 0 Å². The maximum absolute atomic E-state index is 11.4. The zero-order valence-corrected chi connectivity index (χ0v) is 12.0. The van der Waals surface area contributed by atoms with E-state index in [0.29, 0.717) is 5.92 Å². The average Bonchev–Trinajstić information content (AvgIpc) is 2.42. The van der Waals surface area contributed by atoms with E-state index in [9.17, 15) is 14.4 Å². The van der Waals surface area contributed by atoms with Crippen molar-refractivity contribution in [3.05, 3.63) is 47.5 Å². The molecule has 0 saturated heterocycles. The summed E-state index contributed by atoms with van der Waals surface area (Å²) in [5, 5.41) is 1.79. The third-order valence-corrected chi connectivity index (χ3v) is 2.64. The number of amides is 3. The van der Waals surface area contributed by atoms with Crippen molar-refractivity contribution in [2.75, 3.05) is 0 Å². The lowest BCUT2D eigenvalue weighted by Crippen LogP contribution is -2.33. The molecule has 1 aromatic rings. The van der Waals surface area contributed by atoms with Gasteiger partial charge in [0.1, 0.15) is 6.61 Å². The van der Waals surface area contributed by atoms with Gasteiger partial charge in [0.15, 0.2) is 0 Å². The number of nitrogens with one attached hydrogen (secondary N) is 1. The molecule has 0 aromatic heterocycles. The number of carbonyl (C=O) groups excluding carboxylic acids is 3. The molecule has 0 fully saturated rings. The first kappa shape index (κ1) is 16.4. The summed E-state index contributed by atoms with van der Waals surface area (Å²) < 4.78 is 4.96. The number of ether oxygens (including phenoxy) is 1. The average molecular weight is 290 g/mol. The van der Waals surface area contributed by atoms with Crippen LogP contribution in [0.5, 0.6) is 0 Å². The summed E-state index contributed by atoms with van der Waals surface area (Å²) in [6.07, 6.45) is 1.82. The van der Waals surface area contributed by atoms with Crippen molar-refractivity contribution in [1.82, 2.24) is 5.32 Å². The fourth-order valence-electron chi connectivity index (χ4n) is 1.51. The van der Waals surface area contributed by atoms with Crippen molar-refractivity contribution in [1.29, 1.82) is 0 Å². The Morgan fingerprint density at radius 1 is 1.19 bits per heavy atom. The van der Waals surface area contributed by atoms with Gasteiger partial charge in [0.2, 0.25) is 0 Å². The summed E-state index contributed by atoms with van der Waals surface area (Å²) >= 11 is 0.